The summed E-state index contributed by atoms with van der Waals surface area (Å²) in [5, 5.41) is 3.82. The van der Waals surface area contributed by atoms with Crippen LogP contribution in [0.2, 0.25) is 0 Å². The zero-order chi connectivity index (χ0) is 22.1. The summed E-state index contributed by atoms with van der Waals surface area (Å²) in [6.45, 7) is 8.75. The van der Waals surface area contributed by atoms with Crippen LogP contribution in [-0.4, -0.2) is 27.0 Å². The first-order valence-electron chi connectivity index (χ1n) is 10.4. The molecular formula is C24H26N4O2S. The average molecular weight is 435 g/mol. The molecule has 6 nitrogen and oxygen atoms in total. The number of carbonyl (C=O) groups excluding carboxylic acids is 1. The second-order valence-electron chi connectivity index (χ2n) is 8.21. The van der Waals surface area contributed by atoms with E-state index < -0.39 is 0 Å². The monoisotopic (exact) mass is 434 g/mol. The maximum absolute atomic E-state index is 12.9. The molecule has 0 aliphatic heterocycles. The Labute approximate surface area is 185 Å². The Balaban J connectivity index is 1.45. The first-order chi connectivity index (χ1) is 14.8. The minimum atomic E-state index is -0.204. The van der Waals surface area contributed by atoms with Gasteiger partial charge in [0.1, 0.15) is 16.1 Å². The Morgan fingerprint density at radius 2 is 1.94 bits per heavy atom. The van der Waals surface area contributed by atoms with Crippen molar-refractivity contribution in [3.8, 4) is 0 Å². The van der Waals surface area contributed by atoms with Crippen LogP contribution in [0.15, 0.2) is 41.5 Å². The number of nitrogens with zero attached hydrogens (tertiary/aromatic N) is 3. The highest BCUT2D eigenvalue weighted by Gasteiger charge is 2.16. The number of thiophene rings is 1. The lowest BCUT2D eigenvalue weighted by molar-refractivity contribution is -0.121. The third kappa shape index (κ3) is 4.37. The molecule has 3 aromatic heterocycles. The van der Waals surface area contributed by atoms with Gasteiger partial charge >= 0.3 is 0 Å². The van der Waals surface area contributed by atoms with Gasteiger partial charge in [0, 0.05) is 17.6 Å². The second-order valence-corrected chi connectivity index (χ2v) is 9.21. The molecule has 160 valence electrons. The van der Waals surface area contributed by atoms with Gasteiger partial charge in [-0.1, -0.05) is 38.1 Å². The molecule has 0 saturated heterocycles. The van der Waals surface area contributed by atoms with Crippen molar-refractivity contribution in [3.63, 3.8) is 0 Å². The smallest absolute Gasteiger partial charge is 0.271 e. The summed E-state index contributed by atoms with van der Waals surface area (Å²) in [5.74, 6) is 0.302. The molecule has 7 heteroatoms. The molecule has 0 radical (unpaired) electrons. The van der Waals surface area contributed by atoms with E-state index in [1.807, 2.05) is 19.9 Å². The van der Waals surface area contributed by atoms with Crippen molar-refractivity contribution in [1.29, 1.82) is 0 Å². The topological polar surface area (TPSA) is 76.9 Å². The molecule has 0 bridgehead atoms. The van der Waals surface area contributed by atoms with E-state index in [1.165, 1.54) is 33.4 Å². The number of carbonyl (C=O) groups is 1. The zero-order valence-electron chi connectivity index (χ0n) is 18.2. The van der Waals surface area contributed by atoms with E-state index in [4.69, 9.17) is 0 Å². The van der Waals surface area contributed by atoms with Crippen LogP contribution < -0.4 is 10.9 Å². The van der Waals surface area contributed by atoms with E-state index in [2.05, 4.69) is 53.4 Å². The van der Waals surface area contributed by atoms with Crippen LogP contribution in [0.25, 0.3) is 20.4 Å². The number of hydrogen-bond donors (Lipinski definition) is 1. The Bertz CT molecular complexity index is 1320. The number of aryl methyl sites for hydroxylation is 2. The van der Waals surface area contributed by atoms with E-state index >= 15 is 0 Å². The third-order valence-electron chi connectivity index (χ3n) is 5.44. The van der Waals surface area contributed by atoms with Gasteiger partial charge in [-0.15, -0.1) is 11.3 Å². The number of pyridine rings is 1. The van der Waals surface area contributed by atoms with E-state index in [-0.39, 0.29) is 18.0 Å². The van der Waals surface area contributed by atoms with Gasteiger partial charge in [-0.05, 0) is 48.9 Å². The van der Waals surface area contributed by atoms with Crippen molar-refractivity contribution in [2.24, 2.45) is 0 Å². The highest BCUT2D eigenvalue weighted by molar-refractivity contribution is 7.25. The molecule has 1 N–H and O–H groups in total. The largest absolute Gasteiger partial charge is 0.354 e. The highest BCUT2D eigenvalue weighted by Crippen LogP contribution is 2.31. The number of rotatable bonds is 6. The van der Waals surface area contributed by atoms with Gasteiger partial charge in [-0.2, -0.15) is 0 Å². The second kappa shape index (κ2) is 8.59. The Morgan fingerprint density at radius 3 is 2.65 bits per heavy atom. The van der Waals surface area contributed by atoms with Gasteiger partial charge in [0.25, 0.3) is 5.56 Å². The Hall–Kier alpha value is -3.06. The number of hydrogen-bond acceptors (Lipinski definition) is 5. The molecule has 1 amide bonds. The van der Waals surface area contributed by atoms with Gasteiger partial charge in [0.2, 0.25) is 5.91 Å². The summed E-state index contributed by atoms with van der Waals surface area (Å²) in [7, 11) is 0. The molecule has 0 atom stereocenters. The molecule has 1 aromatic carbocycles. The summed E-state index contributed by atoms with van der Waals surface area (Å²) in [5.41, 5.74) is 4.90. The van der Waals surface area contributed by atoms with E-state index in [9.17, 15) is 9.59 Å². The van der Waals surface area contributed by atoms with Crippen LogP contribution in [-0.2, 0) is 17.8 Å². The van der Waals surface area contributed by atoms with E-state index in [0.717, 1.165) is 27.9 Å². The van der Waals surface area contributed by atoms with Crippen LogP contribution in [0.3, 0.4) is 0 Å². The quantitative estimate of drug-likeness (QED) is 0.496. The third-order valence-corrected chi connectivity index (χ3v) is 6.50. The Kier molecular flexibility index (Phi) is 5.87. The zero-order valence-corrected chi connectivity index (χ0v) is 19.0. The van der Waals surface area contributed by atoms with Gasteiger partial charge in [0.15, 0.2) is 0 Å². The molecule has 31 heavy (non-hydrogen) atoms. The van der Waals surface area contributed by atoms with Crippen LogP contribution in [0.1, 0.15) is 42.1 Å². The van der Waals surface area contributed by atoms with Gasteiger partial charge in [-0.3, -0.25) is 14.2 Å². The van der Waals surface area contributed by atoms with Crippen molar-refractivity contribution in [2.75, 3.05) is 6.54 Å². The number of fused-ring (bicyclic) bond motifs is 3. The summed E-state index contributed by atoms with van der Waals surface area (Å²) >= 11 is 1.34. The molecular weight excluding hydrogens is 408 g/mol. The molecule has 0 aliphatic carbocycles. The predicted octanol–water partition coefficient (Wildman–Crippen LogP) is 4.11. The first kappa shape index (κ1) is 21.2. The normalized spacial score (nSPS) is 11.5. The average Bonchev–Trinajstić information content (AvgIpc) is 3.10. The number of benzene rings is 1. The van der Waals surface area contributed by atoms with E-state index in [1.54, 1.807) is 0 Å². The lowest BCUT2D eigenvalue weighted by Gasteiger charge is -2.09. The predicted molar refractivity (Wildman–Crippen MR) is 126 cm³/mol. The standard InChI is InChI=1S/C24H26N4O2S/c1-14(2)18-7-5-17(6-8-18)9-10-25-19(29)12-28-13-26-21-20-15(3)11-16(4)27-23(20)31-22(21)24(28)30/h5-8,11,13-14H,9-10,12H2,1-4H3,(H,25,29). The number of nitrogens with one attached hydrogen (secondary N) is 1. The molecule has 0 unspecified atom stereocenters. The van der Waals surface area contributed by atoms with Gasteiger partial charge in [0.05, 0.1) is 11.8 Å². The number of aromatic nitrogens is 3. The fourth-order valence-electron chi connectivity index (χ4n) is 3.74. The number of amides is 1. The van der Waals surface area contributed by atoms with Crippen LogP contribution >= 0.6 is 11.3 Å². The van der Waals surface area contributed by atoms with Crippen molar-refractivity contribution >= 4 is 37.7 Å². The fraction of sp³-hybridized carbons (Fsp3) is 0.333. The summed E-state index contributed by atoms with van der Waals surface area (Å²) in [4.78, 5) is 35.2. The van der Waals surface area contributed by atoms with Crippen LogP contribution in [0.4, 0.5) is 0 Å². The molecule has 0 spiro atoms. The minimum Gasteiger partial charge on any atom is -0.354 e. The first-order valence-corrected chi connectivity index (χ1v) is 11.3. The maximum Gasteiger partial charge on any atom is 0.271 e. The van der Waals surface area contributed by atoms with Crippen LogP contribution in [0, 0.1) is 13.8 Å². The molecule has 3 heterocycles. The van der Waals surface area contributed by atoms with E-state index in [0.29, 0.717) is 22.7 Å². The lowest BCUT2D eigenvalue weighted by atomic mass is 10.0. The molecule has 4 rings (SSSR count). The molecule has 0 fully saturated rings. The van der Waals surface area contributed by atoms with Crippen molar-refractivity contribution in [2.45, 2.75) is 46.6 Å². The molecule has 0 saturated carbocycles. The summed E-state index contributed by atoms with van der Waals surface area (Å²) in [6.07, 6.45) is 2.21. The summed E-state index contributed by atoms with van der Waals surface area (Å²) < 4.78 is 1.91. The van der Waals surface area contributed by atoms with Crippen molar-refractivity contribution in [1.82, 2.24) is 19.9 Å². The van der Waals surface area contributed by atoms with Gasteiger partial charge < -0.3 is 5.32 Å². The highest BCUT2D eigenvalue weighted by atomic mass is 32.1. The fourth-order valence-corrected chi connectivity index (χ4v) is 4.94. The molecule has 0 aliphatic rings. The minimum absolute atomic E-state index is 0.0479. The maximum atomic E-state index is 12.9. The van der Waals surface area contributed by atoms with Crippen molar-refractivity contribution in [3.05, 3.63) is 69.4 Å². The van der Waals surface area contributed by atoms with Crippen molar-refractivity contribution < 1.29 is 4.79 Å². The SMILES string of the molecule is Cc1cc(C)c2c(n1)sc1c(=O)n(CC(=O)NCCc3ccc(C(C)C)cc3)cnc12. The van der Waals surface area contributed by atoms with Gasteiger partial charge in [-0.25, -0.2) is 9.97 Å². The Morgan fingerprint density at radius 1 is 1.19 bits per heavy atom. The lowest BCUT2D eigenvalue weighted by Crippen LogP contribution is -2.33. The van der Waals surface area contributed by atoms with Crippen LogP contribution in [0.5, 0.6) is 0 Å². The molecule has 4 aromatic rings. The summed E-state index contributed by atoms with van der Waals surface area (Å²) in [6, 6.07) is 10.5.